The second kappa shape index (κ2) is 4.29. The van der Waals surface area contributed by atoms with E-state index in [1.807, 2.05) is 0 Å². The van der Waals surface area contributed by atoms with Gasteiger partial charge in [-0.15, -0.1) is 0 Å². The number of pyridine rings is 1. The maximum atomic E-state index is 10.5. The number of fused-ring (bicyclic) bond motifs is 1. The number of aryl methyl sites for hydroxylation is 1. The lowest BCUT2D eigenvalue weighted by molar-refractivity contribution is -0.136. The van der Waals surface area contributed by atoms with Gasteiger partial charge in [-0.1, -0.05) is 6.07 Å². The first-order valence-corrected chi connectivity index (χ1v) is 5.17. The lowest BCUT2D eigenvalue weighted by atomic mass is 10.0. The molecule has 0 amide bonds. The number of nitrogens with zero attached hydrogens (tertiary/aromatic N) is 1. The Labute approximate surface area is 97.5 Å². The SMILES string of the molecule is Nc1ccc2c(CCC(=O)O)ccc(O)c2n1. The zero-order chi connectivity index (χ0) is 12.4. The highest BCUT2D eigenvalue weighted by Crippen LogP contribution is 2.27. The molecule has 2 aromatic rings. The normalized spacial score (nSPS) is 10.6. The number of carboxylic acids is 1. The Hall–Kier alpha value is -2.30. The van der Waals surface area contributed by atoms with Crippen LogP contribution in [0.1, 0.15) is 12.0 Å². The zero-order valence-corrected chi connectivity index (χ0v) is 9.05. The largest absolute Gasteiger partial charge is 0.506 e. The molecule has 1 aromatic carbocycles. The number of phenols is 1. The van der Waals surface area contributed by atoms with Crippen LogP contribution in [-0.4, -0.2) is 21.2 Å². The van der Waals surface area contributed by atoms with Crippen LogP contribution in [0.5, 0.6) is 5.75 Å². The third kappa shape index (κ3) is 2.28. The summed E-state index contributed by atoms with van der Waals surface area (Å²) in [7, 11) is 0. The first-order valence-electron chi connectivity index (χ1n) is 5.17. The molecule has 0 aliphatic carbocycles. The lowest BCUT2D eigenvalue weighted by Gasteiger charge is -2.07. The predicted molar refractivity (Wildman–Crippen MR) is 63.8 cm³/mol. The smallest absolute Gasteiger partial charge is 0.303 e. The van der Waals surface area contributed by atoms with Gasteiger partial charge in [-0.05, 0) is 30.2 Å². The van der Waals surface area contributed by atoms with Gasteiger partial charge in [0.2, 0.25) is 0 Å². The molecule has 0 atom stereocenters. The minimum Gasteiger partial charge on any atom is -0.506 e. The molecule has 1 heterocycles. The van der Waals surface area contributed by atoms with Crippen molar-refractivity contribution in [1.29, 1.82) is 0 Å². The van der Waals surface area contributed by atoms with Gasteiger partial charge >= 0.3 is 5.97 Å². The molecule has 0 aliphatic rings. The van der Waals surface area contributed by atoms with E-state index in [0.717, 1.165) is 10.9 Å². The van der Waals surface area contributed by atoms with Gasteiger partial charge in [0.05, 0.1) is 0 Å². The van der Waals surface area contributed by atoms with Gasteiger partial charge in [0.25, 0.3) is 0 Å². The summed E-state index contributed by atoms with van der Waals surface area (Å²) in [5.41, 5.74) is 6.80. The molecule has 17 heavy (non-hydrogen) atoms. The van der Waals surface area contributed by atoms with Gasteiger partial charge in [-0.3, -0.25) is 4.79 Å². The first-order chi connectivity index (χ1) is 8.08. The van der Waals surface area contributed by atoms with Crippen molar-refractivity contribution in [3.8, 4) is 5.75 Å². The standard InChI is InChI=1S/C12H12N2O3/c13-10-5-3-8-7(2-6-11(16)17)1-4-9(15)12(8)14-10/h1,3-5,15H,2,6H2,(H2,13,14)(H,16,17). The summed E-state index contributed by atoms with van der Waals surface area (Å²) in [6.45, 7) is 0. The molecule has 5 nitrogen and oxygen atoms in total. The highest BCUT2D eigenvalue weighted by Gasteiger charge is 2.08. The molecule has 2 rings (SSSR count). The van der Waals surface area contributed by atoms with Crippen molar-refractivity contribution in [1.82, 2.24) is 4.98 Å². The fraction of sp³-hybridized carbons (Fsp3) is 0.167. The predicted octanol–water partition coefficient (Wildman–Crippen LogP) is 1.54. The van der Waals surface area contributed by atoms with E-state index in [-0.39, 0.29) is 12.2 Å². The topological polar surface area (TPSA) is 96.4 Å². The highest BCUT2D eigenvalue weighted by molar-refractivity contribution is 5.88. The molecule has 0 saturated heterocycles. The minimum absolute atomic E-state index is 0.0459. The average Bonchev–Trinajstić information content (AvgIpc) is 2.28. The third-order valence-electron chi connectivity index (χ3n) is 2.56. The Bertz CT molecular complexity index is 581. The summed E-state index contributed by atoms with van der Waals surface area (Å²) in [6.07, 6.45) is 0.446. The molecule has 0 radical (unpaired) electrons. The van der Waals surface area contributed by atoms with Crippen molar-refractivity contribution in [2.75, 3.05) is 5.73 Å². The second-order valence-corrected chi connectivity index (χ2v) is 3.77. The Morgan fingerprint density at radius 3 is 2.76 bits per heavy atom. The molecule has 1 aromatic heterocycles. The van der Waals surface area contributed by atoms with Crippen LogP contribution in [-0.2, 0) is 11.2 Å². The van der Waals surface area contributed by atoms with Crippen LogP contribution in [0.4, 0.5) is 5.82 Å². The number of hydrogen-bond donors (Lipinski definition) is 3. The van der Waals surface area contributed by atoms with Crippen LogP contribution in [0.25, 0.3) is 10.9 Å². The van der Waals surface area contributed by atoms with E-state index in [0.29, 0.717) is 17.8 Å². The number of benzene rings is 1. The number of hydrogen-bond acceptors (Lipinski definition) is 4. The van der Waals surface area contributed by atoms with Gasteiger partial charge in [0, 0.05) is 11.8 Å². The fourth-order valence-electron chi connectivity index (χ4n) is 1.74. The molecule has 0 saturated carbocycles. The molecular formula is C12H12N2O3. The number of phenolic OH excluding ortho intramolecular Hbond substituents is 1. The monoisotopic (exact) mass is 232 g/mol. The van der Waals surface area contributed by atoms with Crippen LogP contribution < -0.4 is 5.73 Å². The Morgan fingerprint density at radius 1 is 1.29 bits per heavy atom. The van der Waals surface area contributed by atoms with Crippen LogP contribution in [0, 0.1) is 0 Å². The van der Waals surface area contributed by atoms with Crippen molar-refractivity contribution in [2.45, 2.75) is 12.8 Å². The Morgan fingerprint density at radius 2 is 2.06 bits per heavy atom. The summed E-state index contributed by atoms with van der Waals surface area (Å²) in [4.78, 5) is 14.6. The number of aromatic nitrogens is 1. The first kappa shape index (κ1) is 11.2. The number of carboxylic acid groups (broad SMARTS) is 1. The number of nitrogens with two attached hydrogens (primary N) is 1. The maximum Gasteiger partial charge on any atom is 0.303 e. The maximum absolute atomic E-state index is 10.5. The number of anilines is 1. The molecule has 0 fully saturated rings. The number of carbonyl (C=O) groups is 1. The van der Waals surface area contributed by atoms with Gasteiger partial charge in [-0.2, -0.15) is 0 Å². The molecule has 88 valence electrons. The van der Waals surface area contributed by atoms with Crippen LogP contribution in [0.2, 0.25) is 0 Å². The van der Waals surface area contributed by atoms with E-state index in [2.05, 4.69) is 4.98 Å². The summed E-state index contributed by atoms with van der Waals surface area (Å²) in [6, 6.07) is 6.59. The second-order valence-electron chi connectivity index (χ2n) is 3.77. The van der Waals surface area contributed by atoms with Crippen molar-refractivity contribution in [2.24, 2.45) is 0 Å². The Balaban J connectivity index is 2.50. The molecule has 0 unspecified atom stereocenters. The van der Waals surface area contributed by atoms with Gasteiger partial charge < -0.3 is 15.9 Å². The minimum atomic E-state index is -0.852. The fourth-order valence-corrected chi connectivity index (χ4v) is 1.74. The summed E-state index contributed by atoms with van der Waals surface area (Å²) < 4.78 is 0. The van der Waals surface area contributed by atoms with Crippen molar-refractivity contribution >= 4 is 22.7 Å². The van der Waals surface area contributed by atoms with E-state index in [1.165, 1.54) is 6.07 Å². The Kier molecular flexibility index (Phi) is 2.82. The van der Waals surface area contributed by atoms with E-state index in [4.69, 9.17) is 10.8 Å². The average molecular weight is 232 g/mol. The van der Waals surface area contributed by atoms with E-state index < -0.39 is 5.97 Å². The van der Waals surface area contributed by atoms with Crippen LogP contribution in [0.3, 0.4) is 0 Å². The third-order valence-corrected chi connectivity index (χ3v) is 2.56. The van der Waals surface area contributed by atoms with Crippen molar-refractivity contribution in [3.63, 3.8) is 0 Å². The quantitative estimate of drug-likeness (QED) is 0.745. The number of aromatic hydroxyl groups is 1. The van der Waals surface area contributed by atoms with Gasteiger partial charge in [0.1, 0.15) is 17.1 Å². The van der Waals surface area contributed by atoms with Gasteiger partial charge in [-0.25, -0.2) is 4.98 Å². The zero-order valence-electron chi connectivity index (χ0n) is 9.05. The molecule has 4 N–H and O–H groups in total. The van der Waals surface area contributed by atoms with Crippen LogP contribution in [0.15, 0.2) is 24.3 Å². The number of nitrogen functional groups attached to an aromatic ring is 1. The van der Waals surface area contributed by atoms with Crippen molar-refractivity contribution < 1.29 is 15.0 Å². The summed E-state index contributed by atoms with van der Waals surface area (Å²) in [5.74, 6) is -0.482. The highest BCUT2D eigenvalue weighted by atomic mass is 16.4. The number of aliphatic carboxylic acids is 1. The molecule has 0 aliphatic heterocycles. The van der Waals surface area contributed by atoms with Crippen molar-refractivity contribution in [3.05, 3.63) is 29.8 Å². The van der Waals surface area contributed by atoms with E-state index in [1.54, 1.807) is 18.2 Å². The van der Waals surface area contributed by atoms with E-state index in [9.17, 15) is 9.90 Å². The van der Waals surface area contributed by atoms with Crippen LogP contribution >= 0.6 is 0 Å². The molecule has 0 bridgehead atoms. The number of rotatable bonds is 3. The summed E-state index contributed by atoms with van der Waals surface area (Å²) >= 11 is 0. The van der Waals surface area contributed by atoms with Gasteiger partial charge in [0.15, 0.2) is 0 Å². The summed E-state index contributed by atoms with van der Waals surface area (Å²) in [5, 5.41) is 19.1. The van der Waals surface area contributed by atoms with E-state index >= 15 is 0 Å². The molecule has 5 heteroatoms. The lowest BCUT2D eigenvalue weighted by Crippen LogP contribution is -1.99. The molecular weight excluding hydrogens is 220 g/mol. The molecule has 0 spiro atoms.